The van der Waals surface area contributed by atoms with Crippen molar-refractivity contribution in [1.29, 1.82) is 0 Å². The molecule has 174 valence electrons. The molecular weight excluding hydrogens is 466 g/mol. The highest BCUT2D eigenvalue weighted by Gasteiger charge is 2.21. The number of nitrogens with zero attached hydrogens (tertiary/aromatic N) is 1. The van der Waals surface area contributed by atoms with Gasteiger partial charge in [0.2, 0.25) is 15.9 Å². The summed E-state index contributed by atoms with van der Waals surface area (Å²) in [7, 11) is -6.02. The highest BCUT2D eigenvalue weighted by Crippen LogP contribution is 2.21. The van der Waals surface area contributed by atoms with Crippen molar-refractivity contribution in [3.05, 3.63) is 78.9 Å². The Balaban J connectivity index is 1.68. The van der Waals surface area contributed by atoms with Gasteiger partial charge in [-0.3, -0.25) is 13.8 Å². The Kier molecular flexibility index (Phi) is 7.24. The molecule has 1 amide bonds. The van der Waals surface area contributed by atoms with Crippen molar-refractivity contribution in [2.24, 2.45) is 0 Å². The van der Waals surface area contributed by atoms with E-state index in [9.17, 15) is 21.6 Å². The van der Waals surface area contributed by atoms with Crippen molar-refractivity contribution in [2.75, 3.05) is 34.3 Å². The number of benzene rings is 3. The summed E-state index contributed by atoms with van der Waals surface area (Å²) in [4.78, 5) is 12.5. The molecule has 0 aliphatic carbocycles. The number of carbonyl (C=O) groups excluding carboxylic acids is 1. The molecule has 0 aliphatic heterocycles. The minimum absolute atomic E-state index is 0.00151. The highest BCUT2D eigenvalue weighted by molar-refractivity contribution is 7.92. The molecule has 33 heavy (non-hydrogen) atoms. The Morgan fingerprint density at radius 2 is 1.42 bits per heavy atom. The van der Waals surface area contributed by atoms with E-state index >= 15 is 0 Å². The van der Waals surface area contributed by atoms with Gasteiger partial charge in [-0.2, -0.15) is 0 Å². The average molecular weight is 490 g/mol. The lowest BCUT2D eigenvalue weighted by atomic mass is 10.3. The molecule has 0 bridgehead atoms. The molecule has 9 nitrogen and oxygen atoms in total. The van der Waals surface area contributed by atoms with Crippen LogP contribution in [0.15, 0.2) is 83.8 Å². The molecule has 0 atom stereocenters. The first-order valence-corrected chi connectivity index (χ1v) is 13.0. The van der Waals surface area contributed by atoms with E-state index in [1.54, 1.807) is 54.6 Å². The van der Waals surface area contributed by atoms with Crippen LogP contribution in [0.25, 0.3) is 0 Å². The van der Waals surface area contributed by atoms with Gasteiger partial charge in [0.1, 0.15) is 12.3 Å². The molecule has 11 heteroatoms. The smallest absolute Gasteiger partial charge is 0.261 e. The summed E-state index contributed by atoms with van der Waals surface area (Å²) in [6, 6.07) is 20.2. The molecule has 0 fully saturated rings. The molecule has 2 N–H and O–H groups in total. The number of carbonyl (C=O) groups is 1. The molecule has 3 aromatic carbocycles. The van der Waals surface area contributed by atoms with Crippen LogP contribution in [0.1, 0.15) is 0 Å². The minimum atomic E-state index is -3.84. The van der Waals surface area contributed by atoms with Crippen molar-refractivity contribution in [1.82, 2.24) is 0 Å². The van der Waals surface area contributed by atoms with Crippen LogP contribution in [-0.4, -0.2) is 42.7 Å². The lowest BCUT2D eigenvalue weighted by Gasteiger charge is -2.21. The van der Waals surface area contributed by atoms with E-state index in [4.69, 9.17) is 4.74 Å². The SMILES string of the molecule is COc1ccc(NS(=O)(=O)c2ccc(NC(=O)CN(c3ccccc3)S(C)(=O)=O)cc2)cc1. The number of hydrogen-bond acceptors (Lipinski definition) is 6. The van der Waals surface area contributed by atoms with E-state index in [1.807, 2.05) is 0 Å². The summed E-state index contributed by atoms with van der Waals surface area (Å²) >= 11 is 0. The van der Waals surface area contributed by atoms with Crippen molar-refractivity contribution in [2.45, 2.75) is 4.90 Å². The average Bonchev–Trinajstić information content (AvgIpc) is 2.78. The summed E-state index contributed by atoms with van der Waals surface area (Å²) in [5.74, 6) is 0.0241. The van der Waals surface area contributed by atoms with Gasteiger partial charge in [-0.1, -0.05) is 18.2 Å². The predicted octanol–water partition coefficient (Wildman–Crippen LogP) is 2.90. The van der Waals surface area contributed by atoms with E-state index in [-0.39, 0.29) is 4.90 Å². The first-order chi connectivity index (χ1) is 15.6. The second-order valence-electron chi connectivity index (χ2n) is 7.01. The van der Waals surface area contributed by atoms with Crippen LogP contribution in [0.2, 0.25) is 0 Å². The molecular formula is C22H23N3O6S2. The van der Waals surface area contributed by atoms with Crippen LogP contribution in [0, 0.1) is 0 Å². The van der Waals surface area contributed by atoms with E-state index < -0.39 is 32.5 Å². The van der Waals surface area contributed by atoms with Gasteiger partial charge in [-0.05, 0) is 60.7 Å². The van der Waals surface area contributed by atoms with E-state index in [0.717, 1.165) is 10.6 Å². The highest BCUT2D eigenvalue weighted by atomic mass is 32.2. The molecule has 3 rings (SSSR count). The number of sulfonamides is 2. The minimum Gasteiger partial charge on any atom is -0.497 e. The van der Waals surface area contributed by atoms with Crippen LogP contribution in [-0.2, 0) is 24.8 Å². The number of methoxy groups -OCH3 is 1. The maximum Gasteiger partial charge on any atom is 0.261 e. The molecule has 0 unspecified atom stereocenters. The summed E-state index contributed by atoms with van der Waals surface area (Å²) < 4.78 is 57.9. The largest absolute Gasteiger partial charge is 0.497 e. The number of nitrogens with one attached hydrogen (secondary N) is 2. The van der Waals surface area contributed by atoms with Gasteiger partial charge in [0, 0.05) is 11.4 Å². The fourth-order valence-electron chi connectivity index (χ4n) is 2.92. The molecule has 3 aromatic rings. The summed E-state index contributed by atoms with van der Waals surface area (Å²) in [5, 5.41) is 2.58. The first-order valence-electron chi connectivity index (χ1n) is 9.68. The molecule has 0 saturated carbocycles. The van der Waals surface area contributed by atoms with Gasteiger partial charge in [-0.25, -0.2) is 16.8 Å². The molecule has 0 heterocycles. The van der Waals surface area contributed by atoms with Gasteiger partial charge in [0.25, 0.3) is 10.0 Å². The Labute approximate surface area is 193 Å². The number of ether oxygens (including phenoxy) is 1. The zero-order valence-electron chi connectivity index (χ0n) is 17.9. The van der Waals surface area contributed by atoms with E-state index in [0.29, 0.717) is 22.8 Å². The summed E-state index contributed by atoms with van der Waals surface area (Å²) in [5.41, 5.74) is 1.06. The normalized spacial score (nSPS) is 11.5. The van der Waals surface area contributed by atoms with Crippen LogP contribution in [0.3, 0.4) is 0 Å². The third kappa shape index (κ3) is 6.46. The number of hydrogen-bond donors (Lipinski definition) is 2. The lowest BCUT2D eigenvalue weighted by molar-refractivity contribution is -0.114. The van der Waals surface area contributed by atoms with Crippen molar-refractivity contribution in [3.63, 3.8) is 0 Å². The standard InChI is InChI=1S/C22H23N3O6S2/c1-31-20-12-8-18(9-13-20)24-33(29,30)21-14-10-17(11-15-21)23-22(26)16-25(32(2,27)28)19-6-4-3-5-7-19/h3-15,24H,16H2,1-2H3,(H,23,26). The second kappa shape index (κ2) is 9.92. The van der Waals surface area contributed by atoms with Gasteiger partial charge >= 0.3 is 0 Å². The quantitative estimate of drug-likeness (QED) is 0.477. The summed E-state index contributed by atoms with van der Waals surface area (Å²) in [6.07, 6.45) is 1.02. The topological polar surface area (TPSA) is 122 Å². The number of amides is 1. The van der Waals surface area contributed by atoms with Gasteiger partial charge in [-0.15, -0.1) is 0 Å². The van der Waals surface area contributed by atoms with Crippen LogP contribution in [0.4, 0.5) is 17.1 Å². The maximum atomic E-state index is 12.6. The van der Waals surface area contributed by atoms with Crippen molar-refractivity contribution < 1.29 is 26.4 Å². The van der Waals surface area contributed by atoms with Crippen molar-refractivity contribution in [3.8, 4) is 5.75 Å². The van der Waals surface area contributed by atoms with E-state index in [2.05, 4.69) is 10.0 Å². The zero-order chi connectivity index (χ0) is 24.1. The number of para-hydroxylation sites is 1. The molecule has 0 aromatic heterocycles. The van der Waals surface area contributed by atoms with E-state index in [1.165, 1.54) is 31.4 Å². The van der Waals surface area contributed by atoms with Crippen molar-refractivity contribution >= 4 is 43.0 Å². The third-order valence-electron chi connectivity index (χ3n) is 4.52. The monoisotopic (exact) mass is 489 g/mol. The number of rotatable bonds is 9. The zero-order valence-corrected chi connectivity index (χ0v) is 19.6. The Hall–Kier alpha value is -3.57. The predicted molar refractivity (Wildman–Crippen MR) is 128 cm³/mol. The third-order valence-corrected chi connectivity index (χ3v) is 7.06. The Morgan fingerprint density at radius 3 is 1.97 bits per heavy atom. The van der Waals surface area contributed by atoms with Gasteiger partial charge < -0.3 is 10.1 Å². The molecule has 0 aliphatic rings. The number of anilines is 3. The Morgan fingerprint density at radius 1 is 0.848 bits per heavy atom. The molecule has 0 spiro atoms. The fraction of sp³-hybridized carbons (Fsp3) is 0.136. The lowest BCUT2D eigenvalue weighted by Crippen LogP contribution is -2.37. The van der Waals surface area contributed by atoms with Crippen LogP contribution >= 0.6 is 0 Å². The van der Waals surface area contributed by atoms with Gasteiger partial charge in [0.15, 0.2) is 0 Å². The molecule has 0 saturated heterocycles. The second-order valence-corrected chi connectivity index (χ2v) is 10.6. The molecule has 0 radical (unpaired) electrons. The maximum absolute atomic E-state index is 12.6. The Bertz CT molecular complexity index is 1310. The summed E-state index contributed by atoms with van der Waals surface area (Å²) in [6.45, 7) is -0.429. The first kappa shape index (κ1) is 24.1. The van der Waals surface area contributed by atoms with Gasteiger partial charge in [0.05, 0.1) is 23.9 Å². The van der Waals surface area contributed by atoms with Crippen LogP contribution < -0.4 is 19.1 Å². The fourth-order valence-corrected chi connectivity index (χ4v) is 4.83. The van der Waals surface area contributed by atoms with Crippen LogP contribution in [0.5, 0.6) is 5.75 Å².